The number of fused-ring (bicyclic) bond motifs is 1. The predicted octanol–water partition coefficient (Wildman–Crippen LogP) is 3.16. The van der Waals surface area contributed by atoms with Gasteiger partial charge in [-0.2, -0.15) is 0 Å². The molecule has 0 radical (unpaired) electrons. The summed E-state index contributed by atoms with van der Waals surface area (Å²) in [5.74, 6) is 3.19. The van der Waals surface area contributed by atoms with E-state index in [2.05, 4.69) is 47.4 Å². The van der Waals surface area contributed by atoms with E-state index in [9.17, 15) is 0 Å². The van der Waals surface area contributed by atoms with Crippen molar-refractivity contribution in [3.8, 4) is 5.75 Å². The second kappa shape index (κ2) is 7.17. The quantitative estimate of drug-likeness (QED) is 0.662. The molecule has 25 heavy (non-hydrogen) atoms. The van der Waals surface area contributed by atoms with E-state index in [0.717, 1.165) is 29.5 Å². The first-order chi connectivity index (χ1) is 12.0. The van der Waals surface area contributed by atoms with Crippen molar-refractivity contribution >= 4 is 5.96 Å². The van der Waals surface area contributed by atoms with Gasteiger partial charge < -0.3 is 19.8 Å². The molecule has 0 saturated carbocycles. The number of hydrogen-bond acceptors (Lipinski definition) is 4. The molecule has 2 heterocycles. The van der Waals surface area contributed by atoms with Crippen molar-refractivity contribution in [3.63, 3.8) is 0 Å². The first kappa shape index (κ1) is 17.3. The van der Waals surface area contributed by atoms with Crippen LogP contribution in [0.25, 0.3) is 0 Å². The maximum Gasteiger partial charge on any atom is 0.213 e. The summed E-state index contributed by atoms with van der Waals surface area (Å²) in [4.78, 5) is 8.65. The largest absolute Gasteiger partial charge is 0.493 e. The molecule has 0 fully saturated rings. The lowest BCUT2D eigenvalue weighted by Crippen LogP contribution is -2.40. The zero-order valence-corrected chi connectivity index (χ0v) is 15.3. The molecule has 2 aromatic rings. The number of nitrogens with one attached hydrogen (secondary N) is 2. The van der Waals surface area contributed by atoms with Crippen LogP contribution in [-0.2, 0) is 12.0 Å². The molecule has 0 saturated heterocycles. The molecule has 134 valence electrons. The summed E-state index contributed by atoms with van der Waals surface area (Å²) in [6, 6.07) is 8.28. The molecule has 1 aromatic carbocycles. The van der Waals surface area contributed by atoms with Gasteiger partial charge in [-0.1, -0.05) is 39.0 Å². The number of hydrogen-bond donors (Lipinski definition) is 2. The Morgan fingerprint density at radius 1 is 1.32 bits per heavy atom. The third-order valence-electron chi connectivity index (χ3n) is 4.19. The van der Waals surface area contributed by atoms with Crippen molar-refractivity contribution in [1.29, 1.82) is 0 Å². The van der Waals surface area contributed by atoms with Crippen LogP contribution in [0.2, 0.25) is 0 Å². The Morgan fingerprint density at radius 2 is 2.12 bits per heavy atom. The van der Waals surface area contributed by atoms with Gasteiger partial charge in [-0.25, -0.2) is 4.98 Å². The third-order valence-corrected chi connectivity index (χ3v) is 4.19. The Morgan fingerprint density at radius 3 is 2.84 bits per heavy atom. The van der Waals surface area contributed by atoms with E-state index in [-0.39, 0.29) is 11.5 Å². The lowest BCUT2D eigenvalue weighted by Gasteiger charge is -2.27. The summed E-state index contributed by atoms with van der Waals surface area (Å²) in [7, 11) is 1.76. The first-order valence-corrected chi connectivity index (χ1v) is 8.61. The van der Waals surface area contributed by atoms with Crippen LogP contribution >= 0.6 is 0 Å². The standard InChI is InChI=1S/C19H26N4O2/c1-19(2,3)16-11-21-17(25-16)12-22-18(20-4)23-14-9-10-24-15-8-6-5-7-13(14)15/h5-8,11,14H,9-10,12H2,1-4H3,(H2,20,22,23). The Kier molecular flexibility index (Phi) is 4.97. The molecule has 0 aliphatic carbocycles. The van der Waals surface area contributed by atoms with Crippen LogP contribution in [-0.4, -0.2) is 24.6 Å². The van der Waals surface area contributed by atoms with E-state index in [1.807, 2.05) is 18.2 Å². The maximum absolute atomic E-state index is 5.81. The third kappa shape index (κ3) is 4.13. The second-order valence-corrected chi connectivity index (χ2v) is 7.17. The van der Waals surface area contributed by atoms with E-state index < -0.39 is 0 Å². The minimum atomic E-state index is -0.0447. The molecule has 1 aliphatic rings. The number of benzene rings is 1. The van der Waals surface area contributed by atoms with Crippen LogP contribution in [0.3, 0.4) is 0 Å². The summed E-state index contributed by atoms with van der Waals surface area (Å²) in [5.41, 5.74) is 1.11. The number of aromatic nitrogens is 1. The first-order valence-electron chi connectivity index (χ1n) is 8.61. The summed E-state index contributed by atoms with van der Waals surface area (Å²) >= 11 is 0. The lowest BCUT2D eigenvalue weighted by molar-refractivity contribution is 0.261. The summed E-state index contributed by atoms with van der Waals surface area (Å²) in [6.07, 6.45) is 2.69. The summed E-state index contributed by atoms with van der Waals surface area (Å²) < 4.78 is 11.5. The van der Waals surface area contributed by atoms with Crippen LogP contribution < -0.4 is 15.4 Å². The second-order valence-electron chi connectivity index (χ2n) is 7.17. The highest BCUT2D eigenvalue weighted by atomic mass is 16.5. The molecule has 0 spiro atoms. The van der Waals surface area contributed by atoms with E-state index in [1.54, 1.807) is 13.2 Å². The van der Waals surface area contributed by atoms with Gasteiger partial charge in [0.15, 0.2) is 5.96 Å². The van der Waals surface area contributed by atoms with Crippen molar-refractivity contribution in [2.24, 2.45) is 4.99 Å². The Hall–Kier alpha value is -2.50. The zero-order chi connectivity index (χ0) is 17.9. The molecule has 6 nitrogen and oxygen atoms in total. The van der Waals surface area contributed by atoms with Gasteiger partial charge in [-0.05, 0) is 6.07 Å². The molecular weight excluding hydrogens is 316 g/mol. The molecule has 1 atom stereocenters. The van der Waals surface area contributed by atoms with Crippen LogP contribution in [0.4, 0.5) is 0 Å². The highest BCUT2D eigenvalue weighted by Crippen LogP contribution is 2.31. The monoisotopic (exact) mass is 342 g/mol. The van der Waals surface area contributed by atoms with Crippen molar-refractivity contribution < 1.29 is 9.15 Å². The minimum absolute atomic E-state index is 0.0447. The van der Waals surface area contributed by atoms with Gasteiger partial charge in [0.1, 0.15) is 11.5 Å². The van der Waals surface area contributed by atoms with Crippen molar-refractivity contribution in [2.45, 2.75) is 45.2 Å². The van der Waals surface area contributed by atoms with E-state index in [0.29, 0.717) is 19.0 Å². The Labute approximate surface area is 148 Å². The van der Waals surface area contributed by atoms with Gasteiger partial charge in [0.2, 0.25) is 5.89 Å². The van der Waals surface area contributed by atoms with Gasteiger partial charge in [-0.15, -0.1) is 0 Å². The smallest absolute Gasteiger partial charge is 0.213 e. The van der Waals surface area contributed by atoms with E-state index >= 15 is 0 Å². The van der Waals surface area contributed by atoms with Crippen LogP contribution in [0.5, 0.6) is 5.75 Å². The molecule has 6 heteroatoms. The highest BCUT2D eigenvalue weighted by Gasteiger charge is 2.22. The van der Waals surface area contributed by atoms with Gasteiger partial charge >= 0.3 is 0 Å². The summed E-state index contributed by atoms with van der Waals surface area (Å²) in [6.45, 7) is 7.50. The number of rotatable bonds is 3. The van der Waals surface area contributed by atoms with Gasteiger partial charge in [0, 0.05) is 24.4 Å². The van der Waals surface area contributed by atoms with Crippen LogP contribution in [0.1, 0.15) is 50.4 Å². The fourth-order valence-electron chi connectivity index (χ4n) is 2.75. The Bertz CT molecular complexity index is 746. The normalized spacial score (nSPS) is 17.6. The summed E-state index contributed by atoms with van der Waals surface area (Å²) in [5, 5.41) is 6.73. The molecule has 3 rings (SSSR count). The van der Waals surface area contributed by atoms with Gasteiger partial charge in [-0.3, -0.25) is 4.99 Å². The number of guanidine groups is 1. The zero-order valence-electron chi connectivity index (χ0n) is 15.3. The fraction of sp³-hybridized carbons (Fsp3) is 0.474. The Balaban J connectivity index is 1.62. The van der Waals surface area contributed by atoms with Crippen molar-refractivity contribution in [2.75, 3.05) is 13.7 Å². The van der Waals surface area contributed by atoms with Crippen LogP contribution in [0.15, 0.2) is 39.9 Å². The van der Waals surface area contributed by atoms with Gasteiger partial charge in [0.05, 0.1) is 25.4 Å². The van der Waals surface area contributed by atoms with E-state index in [1.165, 1.54) is 0 Å². The molecular formula is C19H26N4O2. The molecule has 0 amide bonds. The number of nitrogens with zero attached hydrogens (tertiary/aromatic N) is 2. The molecule has 1 unspecified atom stereocenters. The molecule has 0 bridgehead atoms. The SMILES string of the molecule is CN=C(NCc1ncc(C(C)(C)C)o1)NC1CCOc2ccccc21. The molecule has 1 aliphatic heterocycles. The number of oxazole rings is 1. The number of ether oxygens (including phenoxy) is 1. The topological polar surface area (TPSA) is 71.7 Å². The van der Waals surface area contributed by atoms with Crippen molar-refractivity contribution in [1.82, 2.24) is 15.6 Å². The number of para-hydroxylation sites is 1. The molecule has 1 aromatic heterocycles. The highest BCUT2D eigenvalue weighted by molar-refractivity contribution is 5.80. The van der Waals surface area contributed by atoms with Gasteiger partial charge in [0.25, 0.3) is 0 Å². The lowest BCUT2D eigenvalue weighted by atomic mass is 9.94. The van der Waals surface area contributed by atoms with Crippen molar-refractivity contribution in [3.05, 3.63) is 47.7 Å². The number of aliphatic imine (C=N–C) groups is 1. The average Bonchev–Trinajstić information content (AvgIpc) is 3.08. The van der Waals surface area contributed by atoms with E-state index in [4.69, 9.17) is 9.15 Å². The predicted molar refractivity (Wildman–Crippen MR) is 97.8 cm³/mol. The minimum Gasteiger partial charge on any atom is -0.493 e. The van der Waals surface area contributed by atoms with Crippen LogP contribution in [0, 0.1) is 0 Å². The average molecular weight is 342 g/mol. The maximum atomic E-state index is 5.81. The fourth-order valence-corrected chi connectivity index (χ4v) is 2.75. The molecule has 2 N–H and O–H groups in total.